The first-order valence-corrected chi connectivity index (χ1v) is 12.2. The number of hydrogen-bond acceptors (Lipinski definition) is 6. The summed E-state index contributed by atoms with van der Waals surface area (Å²) in [5.74, 6) is 0.788. The fraction of sp³-hybridized carbons (Fsp3) is 0.208. The number of benzene rings is 3. The second kappa shape index (κ2) is 9.82. The minimum absolute atomic E-state index is 0.0522. The molecule has 0 aliphatic carbocycles. The standard InChI is InChI=1S/C24H23ClN2O6S/c1-31-22-9-7-17(13-23(22)32-2)26-24(28)15-33-21-10-8-18(14-19(21)25)34(29,30)27-12-11-16-5-3-4-6-20(16)27/h3-10,13-14H,11-12,15H2,1-2H3,(H,26,28). The van der Waals surface area contributed by atoms with Gasteiger partial charge in [-0.1, -0.05) is 29.8 Å². The van der Waals surface area contributed by atoms with Gasteiger partial charge in [0, 0.05) is 18.3 Å². The van der Waals surface area contributed by atoms with Crippen LogP contribution in [0, 0.1) is 0 Å². The second-order valence-corrected chi connectivity index (χ2v) is 9.72. The van der Waals surface area contributed by atoms with Crippen molar-refractivity contribution in [3.8, 4) is 17.2 Å². The minimum atomic E-state index is -3.78. The van der Waals surface area contributed by atoms with Crippen molar-refractivity contribution in [2.75, 3.05) is 37.0 Å². The van der Waals surface area contributed by atoms with Gasteiger partial charge in [0.25, 0.3) is 15.9 Å². The number of methoxy groups -OCH3 is 2. The second-order valence-electron chi connectivity index (χ2n) is 7.45. The van der Waals surface area contributed by atoms with Gasteiger partial charge in [-0.15, -0.1) is 0 Å². The van der Waals surface area contributed by atoms with E-state index >= 15 is 0 Å². The van der Waals surface area contributed by atoms with Crippen LogP contribution in [0.1, 0.15) is 5.56 Å². The molecule has 0 unspecified atom stereocenters. The van der Waals surface area contributed by atoms with Crippen LogP contribution in [0.3, 0.4) is 0 Å². The molecule has 4 rings (SSSR count). The van der Waals surface area contributed by atoms with Crippen molar-refractivity contribution >= 4 is 38.9 Å². The van der Waals surface area contributed by atoms with Crippen LogP contribution >= 0.6 is 11.6 Å². The highest BCUT2D eigenvalue weighted by atomic mass is 35.5. The Morgan fingerprint density at radius 3 is 2.47 bits per heavy atom. The molecule has 178 valence electrons. The summed E-state index contributed by atoms with van der Waals surface area (Å²) in [5, 5.41) is 2.78. The van der Waals surface area contributed by atoms with E-state index in [9.17, 15) is 13.2 Å². The predicted molar refractivity (Wildman–Crippen MR) is 130 cm³/mol. The minimum Gasteiger partial charge on any atom is -0.493 e. The molecular weight excluding hydrogens is 480 g/mol. The van der Waals surface area contributed by atoms with Gasteiger partial charge >= 0.3 is 0 Å². The van der Waals surface area contributed by atoms with Crippen LogP contribution in [0.4, 0.5) is 11.4 Å². The van der Waals surface area contributed by atoms with Crippen LogP contribution in [0.25, 0.3) is 0 Å². The van der Waals surface area contributed by atoms with Crippen LogP contribution in [0.5, 0.6) is 17.2 Å². The van der Waals surface area contributed by atoms with E-state index in [0.29, 0.717) is 35.8 Å². The van der Waals surface area contributed by atoms with E-state index in [1.54, 1.807) is 24.3 Å². The third-order valence-corrected chi connectivity index (χ3v) is 7.47. The SMILES string of the molecule is COc1ccc(NC(=O)COc2ccc(S(=O)(=O)N3CCc4ccccc43)cc2Cl)cc1OC. The zero-order valence-corrected chi connectivity index (χ0v) is 20.2. The van der Waals surface area contributed by atoms with E-state index in [2.05, 4.69) is 5.32 Å². The first-order chi connectivity index (χ1) is 16.3. The zero-order valence-electron chi connectivity index (χ0n) is 18.6. The quantitative estimate of drug-likeness (QED) is 0.498. The summed E-state index contributed by atoms with van der Waals surface area (Å²) >= 11 is 6.29. The van der Waals surface area contributed by atoms with Gasteiger partial charge in [-0.25, -0.2) is 8.42 Å². The molecule has 0 bridgehead atoms. The third-order valence-electron chi connectivity index (χ3n) is 5.36. The maximum Gasteiger partial charge on any atom is 0.264 e. The van der Waals surface area contributed by atoms with E-state index < -0.39 is 15.9 Å². The number of fused-ring (bicyclic) bond motifs is 1. The molecule has 0 saturated heterocycles. The highest BCUT2D eigenvalue weighted by molar-refractivity contribution is 7.92. The number of rotatable bonds is 8. The number of carbonyl (C=O) groups is 1. The molecule has 0 spiro atoms. The predicted octanol–water partition coefficient (Wildman–Crippen LogP) is 4.13. The molecule has 0 atom stereocenters. The Balaban J connectivity index is 1.42. The number of para-hydroxylation sites is 1. The highest BCUT2D eigenvalue weighted by Crippen LogP contribution is 2.35. The monoisotopic (exact) mass is 502 g/mol. The van der Waals surface area contributed by atoms with Gasteiger partial charge in [-0.05, 0) is 48.4 Å². The van der Waals surface area contributed by atoms with E-state index in [0.717, 1.165) is 5.56 Å². The number of hydrogen-bond donors (Lipinski definition) is 1. The van der Waals surface area contributed by atoms with E-state index in [1.807, 2.05) is 18.2 Å². The molecule has 1 aliphatic heterocycles. The highest BCUT2D eigenvalue weighted by Gasteiger charge is 2.31. The van der Waals surface area contributed by atoms with Crippen molar-refractivity contribution in [1.29, 1.82) is 0 Å². The van der Waals surface area contributed by atoms with Crippen molar-refractivity contribution in [3.05, 3.63) is 71.2 Å². The summed E-state index contributed by atoms with van der Waals surface area (Å²) in [4.78, 5) is 12.4. The molecule has 0 radical (unpaired) electrons. The van der Waals surface area contributed by atoms with E-state index in [-0.39, 0.29) is 22.3 Å². The van der Waals surface area contributed by atoms with Gasteiger partial charge in [-0.3, -0.25) is 9.10 Å². The summed E-state index contributed by atoms with van der Waals surface area (Å²) < 4.78 is 43.6. The Morgan fingerprint density at radius 1 is 1.00 bits per heavy atom. The number of carbonyl (C=O) groups excluding carboxylic acids is 1. The molecule has 3 aromatic carbocycles. The van der Waals surface area contributed by atoms with Gasteiger partial charge in [0.2, 0.25) is 0 Å². The number of nitrogens with one attached hydrogen (secondary N) is 1. The molecular formula is C24H23ClN2O6S. The lowest BCUT2D eigenvalue weighted by molar-refractivity contribution is -0.118. The molecule has 10 heteroatoms. The lowest BCUT2D eigenvalue weighted by Gasteiger charge is -2.20. The van der Waals surface area contributed by atoms with Crippen LogP contribution in [0.15, 0.2) is 65.6 Å². The molecule has 0 saturated carbocycles. The number of ether oxygens (including phenoxy) is 3. The maximum absolute atomic E-state index is 13.2. The molecule has 1 aliphatic rings. The average molecular weight is 503 g/mol. The summed E-state index contributed by atoms with van der Waals surface area (Å²) in [7, 11) is -0.761. The van der Waals surface area contributed by atoms with Crippen LogP contribution in [0.2, 0.25) is 5.02 Å². The average Bonchev–Trinajstić information content (AvgIpc) is 3.28. The molecule has 34 heavy (non-hydrogen) atoms. The first-order valence-electron chi connectivity index (χ1n) is 10.4. The molecule has 0 aromatic heterocycles. The largest absolute Gasteiger partial charge is 0.493 e. The molecule has 1 N–H and O–H groups in total. The Morgan fingerprint density at radius 2 is 1.74 bits per heavy atom. The van der Waals surface area contributed by atoms with Gasteiger partial charge in [0.1, 0.15) is 5.75 Å². The summed E-state index contributed by atoms with van der Waals surface area (Å²) in [6.07, 6.45) is 0.652. The van der Waals surface area contributed by atoms with Crippen molar-refractivity contribution in [3.63, 3.8) is 0 Å². The lowest BCUT2D eigenvalue weighted by Crippen LogP contribution is -2.29. The molecule has 3 aromatic rings. The molecule has 0 fully saturated rings. The Kier molecular flexibility index (Phi) is 6.85. The Bertz CT molecular complexity index is 1330. The van der Waals surface area contributed by atoms with Crippen molar-refractivity contribution in [1.82, 2.24) is 0 Å². The first kappa shape index (κ1) is 23.7. The number of nitrogens with zero attached hydrogens (tertiary/aromatic N) is 1. The van der Waals surface area contributed by atoms with Crippen molar-refractivity contribution < 1.29 is 27.4 Å². The topological polar surface area (TPSA) is 94.2 Å². The van der Waals surface area contributed by atoms with Crippen LogP contribution < -0.4 is 23.8 Å². The summed E-state index contributed by atoms with van der Waals surface area (Å²) in [6, 6.07) is 16.6. The Labute approximate surface area is 203 Å². The molecule has 1 heterocycles. The molecule has 8 nitrogen and oxygen atoms in total. The zero-order chi connectivity index (χ0) is 24.3. The van der Waals surface area contributed by atoms with Crippen LogP contribution in [-0.2, 0) is 21.2 Å². The lowest BCUT2D eigenvalue weighted by atomic mass is 10.2. The van der Waals surface area contributed by atoms with Crippen LogP contribution in [-0.4, -0.2) is 41.7 Å². The van der Waals surface area contributed by atoms with E-state index in [1.165, 1.54) is 36.7 Å². The van der Waals surface area contributed by atoms with Gasteiger partial charge in [0.15, 0.2) is 18.1 Å². The van der Waals surface area contributed by atoms with Gasteiger partial charge < -0.3 is 19.5 Å². The number of halogens is 1. The summed E-state index contributed by atoms with van der Waals surface area (Å²) in [5.41, 5.74) is 2.16. The number of sulfonamides is 1. The smallest absolute Gasteiger partial charge is 0.264 e. The maximum atomic E-state index is 13.2. The number of amides is 1. The Hall–Kier alpha value is -3.43. The third kappa shape index (κ3) is 4.76. The van der Waals surface area contributed by atoms with Crippen molar-refractivity contribution in [2.45, 2.75) is 11.3 Å². The summed E-state index contributed by atoms with van der Waals surface area (Å²) in [6.45, 7) is 0.0491. The van der Waals surface area contributed by atoms with Gasteiger partial charge in [0.05, 0.1) is 29.8 Å². The fourth-order valence-electron chi connectivity index (χ4n) is 3.70. The normalized spacial score (nSPS) is 12.7. The van der Waals surface area contributed by atoms with Gasteiger partial charge in [-0.2, -0.15) is 0 Å². The molecule has 1 amide bonds. The van der Waals surface area contributed by atoms with E-state index in [4.69, 9.17) is 25.8 Å². The van der Waals surface area contributed by atoms with Crippen molar-refractivity contribution in [2.24, 2.45) is 0 Å². The fourth-order valence-corrected chi connectivity index (χ4v) is 5.53. The number of anilines is 2.